The summed E-state index contributed by atoms with van der Waals surface area (Å²) in [5.74, 6) is 0.287. The van der Waals surface area contributed by atoms with Crippen molar-refractivity contribution in [3.63, 3.8) is 0 Å². The Morgan fingerprint density at radius 2 is 1.85 bits per heavy atom. The minimum Gasteiger partial charge on any atom is -0.340 e. The number of hydrogen-bond donors (Lipinski definition) is 1. The van der Waals surface area contributed by atoms with E-state index in [-0.39, 0.29) is 28.1 Å². The Morgan fingerprint density at radius 3 is 2.42 bits per heavy atom. The summed E-state index contributed by atoms with van der Waals surface area (Å²) in [6, 6.07) is 4.87. The number of rotatable bonds is 5. The molecule has 1 N–H and O–H groups in total. The molecule has 2 aromatic rings. The van der Waals surface area contributed by atoms with E-state index in [4.69, 9.17) is 11.6 Å². The van der Waals surface area contributed by atoms with Crippen LogP contribution in [0.3, 0.4) is 0 Å². The van der Waals surface area contributed by atoms with Crippen LogP contribution < -0.4 is 5.32 Å². The van der Waals surface area contributed by atoms with Gasteiger partial charge in [0.25, 0.3) is 5.91 Å². The molecule has 140 valence electrons. The first-order chi connectivity index (χ1) is 12.2. The van der Waals surface area contributed by atoms with E-state index in [1.165, 1.54) is 12.1 Å². The van der Waals surface area contributed by atoms with Gasteiger partial charge in [-0.2, -0.15) is 13.2 Å². The Balaban J connectivity index is 2.35. The molecule has 0 unspecified atom stereocenters. The smallest absolute Gasteiger partial charge is 0.340 e. The number of amides is 1. The third kappa shape index (κ3) is 4.63. The fraction of sp³-hybridized carbons (Fsp3) is 0.353. The third-order valence-electron chi connectivity index (χ3n) is 3.65. The molecule has 0 saturated heterocycles. The molecule has 1 amide bonds. The molecule has 1 heterocycles. The first kappa shape index (κ1) is 20.0. The van der Waals surface area contributed by atoms with E-state index in [0.29, 0.717) is 18.9 Å². The van der Waals surface area contributed by atoms with Gasteiger partial charge in [0.05, 0.1) is 10.6 Å². The van der Waals surface area contributed by atoms with Crippen molar-refractivity contribution in [2.75, 3.05) is 18.4 Å². The Hall–Kier alpha value is -2.35. The highest BCUT2D eigenvalue weighted by Gasteiger charge is 2.33. The zero-order chi connectivity index (χ0) is 19.5. The number of aryl methyl sites for hydroxylation is 1. The summed E-state index contributed by atoms with van der Waals surface area (Å²) in [5, 5.41) is 2.38. The maximum absolute atomic E-state index is 13.0. The number of nitrogens with zero attached hydrogens (tertiary/aromatic N) is 3. The van der Waals surface area contributed by atoms with Crippen molar-refractivity contribution in [2.24, 2.45) is 0 Å². The van der Waals surface area contributed by atoms with Gasteiger partial charge in [0.2, 0.25) is 0 Å². The van der Waals surface area contributed by atoms with Gasteiger partial charge in [-0.1, -0.05) is 11.6 Å². The standard InChI is InChI=1S/C17H18ClF3N4O/c1-4-25(5-2)16(26)14-9-15(23-10(3)22-14)24-11-6-7-13(18)12(8-11)17(19,20)21/h6-9H,4-5H2,1-3H3,(H,22,23,24). The van der Waals surface area contributed by atoms with Crippen LogP contribution in [0.5, 0.6) is 0 Å². The van der Waals surface area contributed by atoms with Crippen LogP contribution in [0.4, 0.5) is 24.7 Å². The second kappa shape index (κ2) is 7.90. The van der Waals surface area contributed by atoms with Crippen molar-refractivity contribution < 1.29 is 18.0 Å². The van der Waals surface area contributed by atoms with Crippen molar-refractivity contribution in [3.05, 3.63) is 46.4 Å². The number of nitrogens with one attached hydrogen (secondary N) is 1. The van der Waals surface area contributed by atoms with Gasteiger partial charge in [0.15, 0.2) is 0 Å². The Bertz CT molecular complexity index is 807. The lowest BCUT2D eigenvalue weighted by molar-refractivity contribution is -0.137. The average molecular weight is 387 g/mol. The molecule has 26 heavy (non-hydrogen) atoms. The van der Waals surface area contributed by atoms with E-state index in [1.807, 2.05) is 13.8 Å². The van der Waals surface area contributed by atoms with Crippen LogP contribution in [0.1, 0.15) is 35.7 Å². The molecule has 0 aliphatic rings. The molecule has 5 nitrogen and oxygen atoms in total. The Kier molecular flexibility index (Phi) is 6.07. The monoisotopic (exact) mass is 386 g/mol. The highest BCUT2D eigenvalue weighted by molar-refractivity contribution is 6.31. The van der Waals surface area contributed by atoms with Gasteiger partial charge < -0.3 is 10.2 Å². The molecular formula is C17H18ClF3N4O. The number of aromatic nitrogens is 2. The molecule has 1 aromatic carbocycles. The van der Waals surface area contributed by atoms with E-state index in [9.17, 15) is 18.0 Å². The molecule has 0 spiro atoms. The van der Waals surface area contributed by atoms with Crippen LogP contribution in [0.15, 0.2) is 24.3 Å². The van der Waals surface area contributed by atoms with Crippen LogP contribution in [-0.4, -0.2) is 33.9 Å². The van der Waals surface area contributed by atoms with E-state index >= 15 is 0 Å². The van der Waals surface area contributed by atoms with E-state index in [0.717, 1.165) is 12.1 Å². The molecule has 9 heteroatoms. The van der Waals surface area contributed by atoms with Gasteiger partial charge in [0.1, 0.15) is 17.3 Å². The lowest BCUT2D eigenvalue weighted by Gasteiger charge is -2.18. The molecule has 1 aromatic heterocycles. The molecule has 0 bridgehead atoms. The maximum atomic E-state index is 13.0. The second-order valence-corrected chi connectivity index (χ2v) is 5.89. The SMILES string of the molecule is CCN(CC)C(=O)c1cc(Nc2ccc(Cl)c(C(F)(F)F)c2)nc(C)n1. The second-order valence-electron chi connectivity index (χ2n) is 5.48. The topological polar surface area (TPSA) is 58.1 Å². The van der Waals surface area contributed by atoms with Crippen molar-refractivity contribution >= 4 is 29.0 Å². The number of alkyl halides is 3. The van der Waals surface area contributed by atoms with Crippen LogP contribution in [-0.2, 0) is 6.18 Å². The normalized spacial score (nSPS) is 11.3. The van der Waals surface area contributed by atoms with Crippen molar-refractivity contribution in [2.45, 2.75) is 26.9 Å². The molecule has 0 aliphatic heterocycles. The van der Waals surface area contributed by atoms with Crippen LogP contribution in [0.25, 0.3) is 0 Å². The summed E-state index contributed by atoms with van der Waals surface area (Å²) in [4.78, 5) is 22.3. The van der Waals surface area contributed by atoms with Crippen molar-refractivity contribution in [3.8, 4) is 0 Å². The number of halogens is 4. The van der Waals surface area contributed by atoms with Gasteiger partial charge in [-0.25, -0.2) is 9.97 Å². The Labute approximate surface area is 154 Å². The highest BCUT2D eigenvalue weighted by Crippen LogP contribution is 2.36. The Morgan fingerprint density at radius 1 is 1.19 bits per heavy atom. The molecule has 0 fully saturated rings. The number of carbonyl (C=O) groups is 1. The molecule has 0 saturated carbocycles. The van der Waals surface area contributed by atoms with Crippen LogP contribution in [0.2, 0.25) is 5.02 Å². The van der Waals surface area contributed by atoms with Gasteiger partial charge >= 0.3 is 6.18 Å². The summed E-state index contributed by atoms with van der Waals surface area (Å²) >= 11 is 5.62. The zero-order valence-electron chi connectivity index (χ0n) is 14.5. The van der Waals surface area contributed by atoms with Gasteiger partial charge in [-0.3, -0.25) is 4.79 Å². The first-order valence-electron chi connectivity index (χ1n) is 7.94. The van der Waals surface area contributed by atoms with Gasteiger partial charge in [-0.05, 0) is 39.0 Å². The number of anilines is 2. The quantitative estimate of drug-likeness (QED) is 0.810. The van der Waals surface area contributed by atoms with E-state index < -0.39 is 11.7 Å². The molecule has 0 aliphatic carbocycles. The summed E-state index contributed by atoms with van der Waals surface area (Å²) in [7, 11) is 0. The summed E-state index contributed by atoms with van der Waals surface area (Å²) in [5.41, 5.74) is -0.621. The number of benzene rings is 1. The molecular weight excluding hydrogens is 369 g/mol. The minimum absolute atomic E-state index is 0.154. The minimum atomic E-state index is -4.57. The predicted molar refractivity (Wildman–Crippen MR) is 93.8 cm³/mol. The van der Waals surface area contributed by atoms with Crippen molar-refractivity contribution in [1.82, 2.24) is 14.9 Å². The fourth-order valence-electron chi connectivity index (χ4n) is 2.38. The highest BCUT2D eigenvalue weighted by atomic mass is 35.5. The summed E-state index contributed by atoms with van der Waals surface area (Å²) < 4.78 is 38.9. The van der Waals surface area contributed by atoms with Crippen LogP contribution >= 0.6 is 11.6 Å². The molecule has 2 rings (SSSR count). The van der Waals surface area contributed by atoms with Gasteiger partial charge in [0, 0.05) is 24.8 Å². The van der Waals surface area contributed by atoms with Crippen molar-refractivity contribution in [1.29, 1.82) is 0 Å². The van der Waals surface area contributed by atoms with Gasteiger partial charge in [-0.15, -0.1) is 0 Å². The summed E-state index contributed by atoms with van der Waals surface area (Å²) in [6.07, 6.45) is -4.57. The average Bonchev–Trinajstić information content (AvgIpc) is 2.56. The zero-order valence-corrected chi connectivity index (χ0v) is 15.2. The number of hydrogen-bond acceptors (Lipinski definition) is 4. The largest absolute Gasteiger partial charge is 0.417 e. The van der Waals surface area contributed by atoms with E-state index in [1.54, 1.807) is 11.8 Å². The first-order valence-corrected chi connectivity index (χ1v) is 8.32. The molecule has 0 radical (unpaired) electrons. The number of carbonyl (C=O) groups excluding carboxylic acids is 1. The molecule has 0 atom stereocenters. The lowest BCUT2D eigenvalue weighted by atomic mass is 10.2. The summed E-state index contributed by atoms with van der Waals surface area (Å²) in [6.45, 7) is 6.34. The van der Waals surface area contributed by atoms with Crippen LogP contribution in [0, 0.1) is 6.92 Å². The third-order valence-corrected chi connectivity index (χ3v) is 3.98. The lowest BCUT2D eigenvalue weighted by Crippen LogP contribution is -2.31. The fourth-order valence-corrected chi connectivity index (χ4v) is 2.61. The predicted octanol–water partition coefficient (Wildman–Crippen LogP) is 4.68. The maximum Gasteiger partial charge on any atom is 0.417 e. The van der Waals surface area contributed by atoms with E-state index in [2.05, 4.69) is 15.3 Å².